The number of nitrogens with one attached hydrogen (secondary N) is 2. The number of hydrogen-bond acceptors (Lipinski definition) is 3. The van der Waals surface area contributed by atoms with Crippen molar-refractivity contribution < 1.29 is 4.79 Å². The summed E-state index contributed by atoms with van der Waals surface area (Å²) in [7, 11) is 0. The van der Waals surface area contributed by atoms with Gasteiger partial charge in [0.05, 0.1) is 0 Å². The van der Waals surface area contributed by atoms with E-state index in [0.29, 0.717) is 11.1 Å². The summed E-state index contributed by atoms with van der Waals surface area (Å²) in [5.41, 5.74) is 2.74. The molecule has 0 atom stereocenters. The summed E-state index contributed by atoms with van der Waals surface area (Å²) in [6.45, 7) is 0. The summed E-state index contributed by atoms with van der Waals surface area (Å²) in [6, 6.07) is 12.8. The summed E-state index contributed by atoms with van der Waals surface area (Å²) in [5.74, 6) is -0.161. The maximum Gasteiger partial charge on any atom is 0.255 e. The van der Waals surface area contributed by atoms with Crippen molar-refractivity contribution in [2.45, 2.75) is 0 Å². The molecule has 0 bridgehead atoms. The topological polar surface area (TPSA) is 70.7 Å². The number of aromatic amines is 1. The van der Waals surface area contributed by atoms with Crippen molar-refractivity contribution in [3.05, 3.63) is 51.6 Å². The molecule has 3 aromatic rings. The SMILES string of the molecule is O=C(Nc1ccc(I)cc1)c1ccc2n[nH]nc2c1. The van der Waals surface area contributed by atoms with Crippen molar-refractivity contribution in [3.63, 3.8) is 0 Å². The minimum Gasteiger partial charge on any atom is -0.322 e. The number of fused-ring (bicyclic) bond motifs is 1. The van der Waals surface area contributed by atoms with Crippen LogP contribution in [0.4, 0.5) is 5.69 Å². The Balaban J connectivity index is 1.84. The van der Waals surface area contributed by atoms with E-state index < -0.39 is 0 Å². The van der Waals surface area contributed by atoms with Crippen molar-refractivity contribution in [1.29, 1.82) is 0 Å². The van der Waals surface area contributed by atoms with Crippen LogP contribution in [0.5, 0.6) is 0 Å². The highest BCUT2D eigenvalue weighted by Gasteiger charge is 2.08. The van der Waals surface area contributed by atoms with Crippen LogP contribution in [0.2, 0.25) is 0 Å². The lowest BCUT2D eigenvalue weighted by atomic mass is 10.2. The van der Waals surface area contributed by atoms with Crippen molar-refractivity contribution in [1.82, 2.24) is 15.4 Å². The molecule has 0 fully saturated rings. The number of anilines is 1. The van der Waals surface area contributed by atoms with E-state index in [0.717, 1.165) is 14.8 Å². The molecule has 0 aliphatic rings. The number of halogens is 1. The number of rotatable bonds is 2. The van der Waals surface area contributed by atoms with Crippen LogP contribution >= 0.6 is 22.6 Å². The first kappa shape index (κ1) is 12.1. The highest BCUT2D eigenvalue weighted by atomic mass is 127. The zero-order valence-electron chi connectivity index (χ0n) is 9.72. The predicted molar refractivity (Wildman–Crippen MR) is 81.0 cm³/mol. The van der Waals surface area contributed by atoms with Crippen LogP contribution < -0.4 is 5.32 Å². The van der Waals surface area contributed by atoms with Gasteiger partial charge in [0, 0.05) is 14.8 Å². The monoisotopic (exact) mass is 364 g/mol. The lowest BCUT2D eigenvalue weighted by Crippen LogP contribution is -2.11. The molecule has 1 heterocycles. The average molecular weight is 364 g/mol. The Labute approximate surface area is 122 Å². The third-order valence-corrected chi connectivity index (χ3v) is 3.40. The molecule has 2 aromatic carbocycles. The molecule has 19 heavy (non-hydrogen) atoms. The van der Waals surface area contributed by atoms with Gasteiger partial charge in [-0.25, -0.2) is 0 Å². The standard InChI is InChI=1S/C13H9IN4O/c14-9-2-4-10(5-3-9)15-13(19)8-1-6-11-12(7-8)17-18-16-11/h1-7H,(H,15,19)(H,16,17,18). The second kappa shape index (κ2) is 4.96. The first-order chi connectivity index (χ1) is 9.22. The maximum absolute atomic E-state index is 12.1. The van der Waals surface area contributed by atoms with E-state index >= 15 is 0 Å². The largest absolute Gasteiger partial charge is 0.322 e. The molecule has 3 rings (SSSR count). The molecule has 0 unspecified atom stereocenters. The average Bonchev–Trinajstić information content (AvgIpc) is 2.88. The minimum atomic E-state index is -0.161. The van der Waals surface area contributed by atoms with Gasteiger partial charge in [-0.05, 0) is 65.1 Å². The van der Waals surface area contributed by atoms with Crippen LogP contribution in [-0.4, -0.2) is 21.3 Å². The maximum atomic E-state index is 12.1. The van der Waals surface area contributed by atoms with Gasteiger partial charge >= 0.3 is 0 Å². The van der Waals surface area contributed by atoms with Crippen molar-refractivity contribution in [2.75, 3.05) is 5.32 Å². The smallest absolute Gasteiger partial charge is 0.255 e. The summed E-state index contributed by atoms with van der Waals surface area (Å²) in [6.07, 6.45) is 0. The molecule has 0 radical (unpaired) electrons. The van der Waals surface area contributed by atoms with Crippen molar-refractivity contribution >= 4 is 45.2 Å². The van der Waals surface area contributed by atoms with Gasteiger partial charge in [0.2, 0.25) is 0 Å². The number of carbonyl (C=O) groups excluding carboxylic acids is 1. The molecule has 0 aliphatic heterocycles. The van der Waals surface area contributed by atoms with Crippen LogP contribution in [-0.2, 0) is 0 Å². The third-order valence-electron chi connectivity index (χ3n) is 2.68. The molecule has 0 spiro atoms. The van der Waals surface area contributed by atoms with Gasteiger partial charge in [0.15, 0.2) is 0 Å². The molecule has 6 heteroatoms. The molecule has 5 nitrogen and oxygen atoms in total. The molecule has 94 valence electrons. The summed E-state index contributed by atoms with van der Waals surface area (Å²) < 4.78 is 1.12. The molecule has 1 aromatic heterocycles. The number of amides is 1. The normalized spacial score (nSPS) is 10.6. The zero-order chi connectivity index (χ0) is 13.2. The van der Waals surface area contributed by atoms with Crippen molar-refractivity contribution in [2.24, 2.45) is 0 Å². The number of carbonyl (C=O) groups is 1. The highest BCUT2D eigenvalue weighted by Crippen LogP contribution is 2.14. The minimum absolute atomic E-state index is 0.161. The van der Waals surface area contributed by atoms with Gasteiger partial charge in [-0.15, -0.1) is 0 Å². The predicted octanol–water partition coefficient (Wildman–Crippen LogP) is 2.81. The molecule has 0 saturated carbocycles. The molecule has 0 saturated heterocycles. The Kier molecular flexibility index (Phi) is 3.16. The van der Waals surface area contributed by atoms with Gasteiger partial charge in [-0.2, -0.15) is 15.4 Å². The van der Waals surface area contributed by atoms with E-state index in [1.54, 1.807) is 18.2 Å². The molecular weight excluding hydrogens is 355 g/mol. The number of benzene rings is 2. The molecule has 1 amide bonds. The Bertz CT molecular complexity index is 736. The number of aromatic nitrogens is 3. The molecule has 2 N–H and O–H groups in total. The second-order valence-electron chi connectivity index (χ2n) is 3.99. The first-order valence-electron chi connectivity index (χ1n) is 5.60. The Morgan fingerprint density at radius 1 is 1.05 bits per heavy atom. The van der Waals surface area contributed by atoms with Crippen LogP contribution in [0.3, 0.4) is 0 Å². The van der Waals surface area contributed by atoms with Crippen molar-refractivity contribution in [3.8, 4) is 0 Å². The first-order valence-corrected chi connectivity index (χ1v) is 6.68. The quantitative estimate of drug-likeness (QED) is 0.687. The lowest BCUT2D eigenvalue weighted by molar-refractivity contribution is 0.102. The Morgan fingerprint density at radius 2 is 1.79 bits per heavy atom. The highest BCUT2D eigenvalue weighted by molar-refractivity contribution is 14.1. The van der Waals surface area contributed by atoms with E-state index in [-0.39, 0.29) is 5.91 Å². The van der Waals surface area contributed by atoms with Gasteiger partial charge in [0.1, 0.15) is 11.0 Å². The number of H-pyrrole nitrogens is 1. The number of nitrogens with zero attached hydrogens (tertiary/aromatic N) is 2. The summed E-state index contributed by atoms with van der Waals surface area (Å²) in [5, 5.41) is 13.3. The van der Waals surface area contributed by atoms with Gasteiger partial charge < -0.3 is 5.32 Å². The molecular formula is C13H9IN4O. The van der Waals surface area contributed by atoms with Gasteiger partial charge in [-0.3, -0.25) is 4.79 Å². The van der Waals surface area contributed by atoms with Gasteiger partial charge in [0.25, 0.3) is 5.91 Å². The van der Waals surface area contributed by atoms with E-state index in [9.17, 15) is 4.79 Å². The van der Waals surface area contributed by atoms with E-state index in [1.807, 2.05) is 24.3 Å². The van der Waals surface area contributed by atoms with Crippen LogP contribution in [0.25, 0.3) is 11.0 Å². The second-order valence-corrected chi connectivity index (χ2v) is 5.23. The molecule has 0 aliphatic carbocycles. The lowest BCUT2D eigenvalue weighted by Gasteiger charge is -2.05. The van der Waals surface area contributed by atoms with Crippen LogP contribution in [0, 0.1) is 3.57 Å². The Hall–Kier alpha value is -1.96. The number of hydrogen-bond donors (Lipinski definition) is 2. The fraction of sp³-hybridized carbons (Fsp3) is 0. The van der Waals surface area contributed by atoms with Crippen LogP contribution in [0.15, 0.2) is 42.5 Å². The fourth-order valence-corrected chi connectivity index (χ4v) is 2.08. The van der Waals surface area contributed by atoms with E-state index in [1.165, 1.54) is 0 Å². The van der Waals surface area contributed by atoms with E-state index in [2.05, 4.69) is 43.3 Å². The zero-order valence-corrected chi connectivity index (χ0v) is 11.9. The fourth-order valence-electron chi connectivity index (χ4n) is 1.72. The Morgan fingerprint density at radius 3 is 2.58 bits per heavy atom. The van der Waals surface area contributed by atoms with Crippen LogP contribution in [0.1, 0.15) is 10.4 Å². The summed E-state index contributed by atoms with van der Waals surface area (Å²) >= 11 is 2.22. The van der Waals surface area contributed by atoms with Gasteiger partial charge in [-0.1, -0.05) is 0 Å². The summed E-state index contributed by atoms with van der Waals surface area (Å²) in [4.78, 5) is 12.1. The third kappa shape index (κ3) is 2.58. The van der Waals surface area contributed by atoms with E-state index in [4.69, 9.17) is 0 Å².